The number of hydrogen-bond acceptors (Lipinski definition) is 6. The summed E-state index contributed by atoms with van der Waals surface area (Å²) < 4.78 is 11.2. The van der Waals surface area contributed by atoms with Gasteiger partial charge >= 0.3 is 5.97 Å². The first-order chi connectivity index (χ1) is 14.1. The molecule has 1 heterocycles. The van der Waals surface area contributed by atoms with Crippen LogP contribution in [0.15, 0.2) is 39.7 Å². The zero-order valence-corrected chi connectivity index (χ0v) is 19.8. The molecule has 1 aliphatic heterocycles. The van der Waals surface area contributed by atoms with Gasteiger partial charge in [-0.1, -0.05) is 73.2 Å². The van der Waals surface area contributed by atoms with Gasteiger partial charge in [-0.3, -0.25) is 14.5 Å². The molecule has 0 bridgehead atoms. The maximum absolute atomic E-state index is 12.5. The summed E-state index contributed by atoms with van der Waals surface area (Å²) in [5, 5.41) is 0. The van der Waals surface area contributed by atoms with Crippen molar-refractivity contribution in [3.05, 3.63) is 45.3 Å². The SMILES string of the molecule is COCCN1C(=O)/C(=C\c2ccc(OC(=O)[C@H]3[C@@H](C=C(Cl)Cl)C3(C)C)cc2)SC1=S. The van der Waals surface area contributed by atoms with E-state index >= 15 is 0 Å². The minimum absolute atomic E-state index is 0.0469. The van der Waals surface area contributed by atoms with Crippen LogP contribution in [0, 0.1) is 17.3 Å². The van der Waals surface area contributed by atoms with Crippen LogP contribution in [-0.4, -0.2) is 41.4 Å². The number of thioether (sulfide) groups is 1. The molecule has 1 saturated heterocycles. The Balaban J connectivity index is 1.64. The van der Waals surface area contributed by atoms with Crippen LogP contribution in [0.3, 0.4) is 0 Å². The van der Waals surface area contributed by atoms with E-state index in [0.29, 0.717) is 28.1 Å². The van der Waals surface area contributed by atoms with Gasteiger partial charge in [0.2, 0.25) is 0 Å². The van der Waals surface area contributed by atoms with Gasteiger partial charge < -0.3 is 9.47 Å². The summed E-state index contributed by atoms with van der Waals surface area (Å²) in [5.41, 5.74) is 0.562. The molecule has 0 aromatic heterocycles. The molecular weight excluding hydrogens is 465 g/mol. The standard InChI is InChI=1S/C21H21Cl2NO4S2/c1-21(2)14(11-16(22)23)17(21)19(26)28-13-6-4-12(5-7-13)10-15-18(25)24(8-9-27-3)20(29)30-15/h4-7,10-11,14,17H,8-9H2,1-3H3/b15-10+/t14-,17-/m1/s1. The first-order valence-corrected chi connectivity index (χ1v) is 11.2. The Bertz CT molecular complexity index is 923. The van der Waals surface area contributed by atoms with E-state index in [0.717, 1.165) is 5.56 Å². The number of halogens is 2. The van der Waals surface area contributed by atoms with Crippen molar-refractivity contribution in [2.45, 2.75) is 13.8 Å². The van der Waals surface area contributed by atoms with Crippen molar-refractivity contribution in [3.8, 4) is 5.75 Å². The van der Waals surface area contributed by atoms with E-state index in [4.69, 9.17) is 44.9 Å². The highest BCUT2D eigenvalue weighted by atomic mass is 35.5. The van der Waals surface area contributed by atoms with Gasteiger partial charge in [-0.05, 0) is 41.2 Å². The zero-order chi connectivity index (χ0) is 22.1. The third-order valence-corrected chi connectivity index (χ3v) is 6.89. The maximum Gasteiger partial charge on any atom is 0.315 e. The van der Waals surface area contributed by atoms with E-state index in [1.807, 2.05) is 13.8 Å². The molecule has 9 heteroatoms. The number of carbonyl (C=O) groups is 2. The molecule has 2 atom stereocenters. The molecule has 1 aliphatic carbocycles. The molecule has 2 fully saturated rings. The molecule has 0 radical (unpaired) electrons. The van der Waals surface area contributed by atoms with Crippen LogP contribution in [0.4, 0.5) is 0 Å². The van der Waals surface area contributed by atoms with Crippen LogP contribution in [0.25, 0.3) is 6.08 Å². The lowest BCUT2D eigenvalue weighted by molar-refractivity contribution is -0.136. The Morgan fingerprint density at radius 1 is 1.30 bits per heavy atom. The molecule has 2 aliphatic rings. The summed E-state index contributed by atoms with van der Waals surface area (Å²) >= 11 is 18.0. The summed E-state index contributed by atoms with van der Waals surface area (Å²) in [6, 6.07) is 6.97. The first kappa shape index (κ1) is 23.3. The first-order valence-electron chi connectivity index (χ1n) is 9.24. The molecular formula is C21H21Cl2NO4S2. The quantitative estimate of drug-likeness (QED) is 0.233. The highest BCUT2D eigenvalue weighted by molar-refractivity contribution is 8.26. The molecule has 30 heavy (non-hydrogen) atoms. The van der Waals surface area contributed by atoms with Crippen molar-refractivity contribution >= 4 is 69.5 Å². The van der Waals surface area contributed by atoms with Gasteiger partial charge in [-0.2, -0.15) is 0 Å². The predicted octanol–water partition coefficient (Wildman–Crippen LogP) is 5.03. The number of amides is 1. The largest absolute Gasteiger partial charge is 0.426 e. The summed E-state index contributed by atoms with van der Waals surface area (Å²) in [4.78, 5) is 27.1. The van der Waals surface area contributed by atoms with E-state index < -0.39 is 0 Å². The number of nitrogens with zero attached hydrogens (tertiary/aromatic N) is 1. The molecule has 0 N–H and O–H groups in total. The lowest BCUT2D eigenvalue weighted by atomic mass is 10.1. The average Bonchev–Trinajstić information content (AvgIpc) is 3.10. The predicted molar refractivity (Wildman–Crippen MR) is 124 cm³/mol. The van der Waals surface area contributed by atoms with Gasteiger partial charge in [-0.25, -0.2) is 0 Å². The minimum atomic E-state index is -0.317. The summed E-state index contributed by atoms with van der Waals surface area (Å²) in [5.74, 6) is -0.354. The molecule has 5 nitrogen and oxygen atoms in total. The van der Waals surface area contributed by atoms with Gasteiger partial charge in [0.1, 0.15) is 14.6 Å². The second-order valence-corrected chi connectivity index (χ2v) is 10.3. The highest BCUT2D eigenvalue weighted by Gasteiger charge is 2.61. The Labute approximate surface area is 195 Å². The van der Waals surface area contributed by atoms with Crippen molar-refractivity contribution in [1.82, 2.24) is 4.90 Å². The molecule has 1 saturated carbocycles. The Hall–Kier alpha value is -1.38. The smallest absolute Gasteiger partial charge is 0.315 e. The van der Waals surface area contributed by atoms with E-state index in [2.05, 4.69) is 0 Å². The van der Waals surface area contributed by atoms with Crippen molar-refractivity contribution in [1.29, 1.82) is 0 Å². The van der Waals surface area contributed by atoms with Crippen LogP contribution in [0.2, 0.25) is 0 Å². The van der Waals surface area contributed by atoms with E-state index in [-0.39, 0.29) is 33.6 Å². The number of thiocarbonyl (C=S) groups is 1. The molecule has 160 valence electrons. The number of allylic oxidation sites excluding steroid dienone is 1. The minimum Gasteiger partial charge on any atom is -0.426 e. The van der Waals surface area contributed by atoms with Gasteiger partial charge in [0.25, 0.3) is 5.91 Å². The lowest BCUT2D eigenvalue weighted by Crippen LogP contribution is -2.31. The van der Waals surface area contributed by atoms with Gasteiger partial charge in [0.15, 0.2) is 0 Å². The third kappa shape index (κ3) is 5.08. The van der Waals surface area contributed by atoms with Crippen LogP contribution >= 0.6 is 47.2 Å². The van der Waals surface area contributed by atoms with Crippen molar-refractivity contribution < 1.29 is 19.1 Å². The fourth-order valence-corrected chi connectivity index (χ4v) is 4.99. The van der Waals surface area contributed by atoms with E-state index in [1.54, 1.807) is 43.5 Å². The monoisotopic (exact) mass is 485 g/mol. The van der Waals surface area contributed by atoms with Gasteiger partial charge in [-0.15, -0.1) is 0 Å². The molecule has 1 amide bonds. The number of hydrogen-bond donors (Lipinski definition) is 0. The van der Waals surface area contributed by atoms with Crippen LogP contribution in [0.5, 0.6) is 5.75 Å². The summed E-state index contributed by atoms with van der Waals surface area (Å²) in [6.45, 7) is 4.80. The van der Waals surface area contributed by atoms with Crippen LogP contribution in [-0.2, 0) is 14.3 Å². The van der Waals surface area contributed by atoms with Crippen LogP contribution < -0.4 is 4.74 Å². The number of rotatable bonds is 7. The molecule has 1 aromatic rings. The maximum atomic E-state index is 12.5. The topological polar surface area (TPSA) is 55.8 Å². The van der Waals surface area contributed by atoms with E-state index in [1.165, 1.54) is 16.7 Å². The Morgan fingerprint density at radius 3 is 2.57 bits per heavy atom. The average molecular weight is 486 g/mol. The van der Waals surface area contributed by atoms with Crippen LogP contribution in [0.1, 0.15) is 19.4 Å². The number of carbonyl (C=O) groups excluding carboxylic acids is 2. The number of esters is 1. The number of ether oxygens (including phenoxy) is 2. The molecule has 1 aromatic carbocycles. The third-order valence-electron chi connectivity index (χ3n) is 5.26. The van der Waals surface area contributed by atoms with E-state index in [9.17, 15) is 9.59 Å². The normalized spacial score (nSPS) is 23.6. The fraction of sp³-hybridized carbons (Fsp3) is 0.381. The Morgan fingerprint density at radius 2 is 1.97 bits per heavy atom. The lowest BCUT2D eigenvalue weighted by Gasteiger charge is -2.12. The molecule has 0 spiro atoms. The fourth-order valence-electron chi connectivity index (χ4n) is 3.41. The highest BCUT2D eigenvalue weighted by Crippen LogP contribution is 2.60. The van der Waals surface area contributed by atoms with Gasteiger partial charge in [0, 0.05) is 7.11 Å². The van der Waals surface area contributed by atoms with Crippen molar-refractivity contribution in [2.24, 2.45) is 17.3 Å². The summed E-state index contributed by atoms with van der Waals surface area (Å²) in [7, 11) is 1.58. The molecule has 0 unspecified atom stereocenters. The van der Waals surface area contributed by atoms with Crippen molar-refractivity contribution in [3.63, 3.8) is 0 Å². The zero-order valence-electron chi connectivity index (χ0n) is 16.7. The summed E-state index contributed by atoms with van der Waals surface area (Å²) in [6.07, 6.45) is 3.45. The second-order valence-electron chi connectivity index (χ2n) is 7.60. The number of benzene rings is 1. The Kier molecular flexibility index (Phi) is 7.30. The molecule has 3 rings (SSSR count). The van der Waals surface area contributed by atoms with Crippen molar-refractivity contribution in [2.75, 3.05) is 20.3 Å². The second kappa shape index (κ2) is 9.40. The van der Waals surface area contributed by atoms with Gasteiger partial charge in [0.05, 0.1) is 24.0 Å². The number of methoxy groups -OCH3 is 1.